The van der Waals surface area contributed by atoms with Crippen molar-refractivity contribution in [3.05, 3.63) is 47.5 Å². The van der Waals surface area contributed by atoms with Crippen LogP contribution in [0, 0.1) is 11.8 Å². The third kappa shape index (κ3) is 4.58. The molecule has 0 saturated carbocycles. The summed E-state index contributed by atoms with van der Waals surface area (Å²) in [6.07, 6.45) is 8.99. The lowest BCUT2D eigenvalue weighted by Gasteiger charge is -2.26. The number of carbonyl (C=O) groups excluding carboxylic acids is 3. The van der Waals surface area contributed by atoms with Crippen LogP contribution in [0.5, 0.6) is 0 Å². The molecule has 6 heteroatoms. The number of fused-ring (bicyclic) bond motifs is 1. The lowest BCUT2D eigenvalue weighted by molar-refractivity contribution is -0.143. The van der Waals surface area contributed by atoms with Gasteiger partial charge in [0.2, 0.25) is 17.7 Å². The Balaban J connectivity index is 1.25. The Labute approximate surface area is 171 Å². The molecule has 3 amide bonds. The third-order valence-corrected chi connectivity index (χ3v) is 6.27. The molecule has 2 aliphatic heterocycles. The number of likely N-dealkylation sites (tertiary alicyclic amines) is 2. The van der Waals surface area contributed by atoms with Crippen molar-refractivity contribution in [1.29, 1.82) is 0 Å². The molecular weight excluding hydrogens is 366 g/mol. The highest BCUT2D eigenvalue weighted by molar-refractivity contribution is 6.07. The van der Waals surface area contributed by atoms with E-state index in [1.807, 2.05) is 24.3 Å². The summed E-state index contributed by atoms with van der Waals surface area (Å²) in [7, 11) is 0. The van der Waals surface area contributed by atoms with E-state index in [1.54, 1.807) is 0 Å². The van der Waals surface area contributed by atoms with Crippen LogP contribution in [0.15, 0.2) is 36.4 Å². The van der Waals surface area contributed by atoms with Gasteiger partial charge in [-0.05, 0) is 49.9 Å². The number of hydrogen-bond donors (Lipinski definition) is 1. The zero-order valence-electron chi connectivity index (χ0n) is 16.8. The summed E-state index contributed by atoms with van der Waals surface area (Å²) in [5.74, 6) is -1.28. The minimum atomic E-state index is -0.296. The predicted molar refractivity (Wildman–Crippen MR) is 109 cm³/mol. The highest BCUT2D eigenvalue weighted by atomic mass is 16.2. The average molecular weight is 396 g/mol. The Morgan fingerprint density at radius 3 is 2.10 bits per heavy atom. The van der Waals surface area contributed by atoms with E-state index in [0.29, 0.717) is 19.4 Å². The van der Waals surface area contributed by atoms with E-state index in [9.17, 15) is 14.4 Å². The molecule has 0 bridgehead atoms. The highest BCUT2D eigenvalue weighted by Gasteiger charge is 2.47. The summed E-state index contributed by atoms with van der Waals surface area (Å²) in [5.41, 5.74) is 2.30. The van der Waals surface area contributed by atoms with Gasteiger partial charge in [0.1, 0.15) is 6.54 Å². The molecule has 2 atom stereocenters. The highest BCUT2D eigenvalue weighted by Crippen LogP contribution is 2.34. The fourth-order valence-electron chi connectivity index (χ4n) is 4.56. The molecule has 0 spiro atoms. The molecule has 1 N–H and O–H groups in total. The fourth-order valence-corrected chi connectivity index (χ4v) is 4.56. The van der Waals surface area contributed by atoms with E-state index in [-0.39, 0.29) is 36.1 Å². The van der Waals surface area contributed by atoms with Crippen LogP contribution in [0.4, 0.5) is 0 Å². The maximum Gasteiger partial charge on any atom is 0.240 e. The van der Waals surface area contributed by atoms with Gasteiger partial charge in [-0.2, -0.15) is 0 Å². The predicted octanol–water partition coefficient (Wildman–Crippen LogP) is 2.24. The summed E-state index contributed by atoms with van der Waals surface area (Å²) in [4.78, 5) is 40.8. The van der Waals surface area contributed by atoms with Crippen LogP contribution in [-0.2, 0) is 27.5 Å². The molecule has 0 unspecified atom stereocenters. The molecule has 2 fully saturated rings. The molecule has 1 aromatic carbocycles. The molecule has 0 radical (unpaired) electrons. The number of piperidine rings is 1. The molecule has 154 valence electrons. The summed E-state index contributed by atoms with van der Waals surface area (Å²) >= 11 is 0. The molecule has 1 aromatic rings. The first-order valence-corrected chi connectivity index (χ1v) is 10.7. The van der Waals surface area contributed by atoms with E-state index in [4.69, 9.17) is 0 Å². The number of allylic oxidation sites excluding steroid dienone is 2. The summed E-state index contributed by atoms with van der Waals surface area (Å²) in [6.45, 7) is 3.53. The third-order valence-electron chi connectivity index (χ3n) is 6.27. The van der Waals surface area contributed by atoms with Crippen molar-refractivity contribution < 1.29 is 14.4 Å². The van der Waals surface area contributed by atoms with Crippen molar-refractivity contribution in [2.45, 2.75) is 45.2 Å². The van der Waals surface area contributed by atoms with Crippen LogP contribution < -0.4 is 5.32 Å². The monoisotopic (exact) mass is 395 g/mol. The minimum absolute atomic E-state index is 0.183. The zero-order chi connectivity index (χ0) is 20.2. The Kier molecular flexibility index (Phi) is 6.09. The Morgan fingerprint density at radius 2 is 1.48 bits per heavy atom. The summed E-state index contributed by atoms with van der Waals surface area (Å²) < 4.78 is 0. The lowest BCUT2D eigenvalue weighted by Crippen LogP contribution is -2.40. The van der Waals surface area contributed by atoms with E-state index in [0.717, 1.165) is 17.0 Å². The minimum Gasteiger partial charge on any atom is -0.350 e. The first kappa shape index (κ1) is 19.8. The number of nitrogens with zero attached hydrogens (tertiary/aromatic N) is 2. The molecule has 2 saturated heterocycles. The van der Waals surface area contributed by atoms with Crippen LogP contribution >= 0.6 is 0 Å². The van der Waals surface area contributed by atoms with Crippen molar-refractivity contribution in [1.82, 2.24) is 15.1 Å². The van der Waals surface area contributed by atoms with Crippen LogP contribution in [0.25, 0.3) is 0 Å². The van der Waals surface area contributed by atoms with Gasteiger partial charge in [-0.15, -0.1) is 0 Å². The molecule has 0 aromatic heterocycles. The summed E-state index contributed by atoms with van der Waals surface area (Å²) in [6, 6.07) is 8.29. The number of carbonyl (C=O) groups is 3. The van der Waals surface area contributed by atoms with E-state index >= 15 is 0 Å². The molecule has 1 aliphatic carbocycles. The number of imide groups is 1. The average Bonchev–Trinajstić information content (AvgIpc) is 2.99. The SMILES string of the molecule is O=C(CN1C(=O)[C@H]2CC=CC[C@H]2C1=O)NCc1ccc(CN2CCCCC2)cc1. The van der Waals surface area contributed by atoms with Gasteiger partial charge in [-0.25, -0.2) is 0 Å². The second-order valence-corrected chi connectivity index (χ2v) is 8.35. The number of rotatable bonds is 6. The normalized spacial score (nSPS) is 24.6. The van der Waals surface area contributed by atoms with Crippen molar-refractivity contribution in [2.75, 3.05) is 19.6 Å². The van der Waals surface area contributed by atoms with Crippen molar-refractivity contribution in [3.63, 3.8) is 0 Å². The lowest BCUT2D eigenvalue weighted by atomic mass is 9.85. The van der Waals surface area contributed by atoms with Crippen LogP contribution in [0.3, 0.4) is 0 Å². The van der Waals surface area contributed by atoms with Gasteiger partial charge < -0.3 is 5.32 Å². The maximum absolute atomic E-state index is 12.4. The fraction of sp³-hybridized carbons (Fsp3) is 0.522. The second kappa shape index (κ2) is 8.91. The number of nitrogens with one attached hydrogen (secondary N) is 1. The quantitative estimate of drug-likeness (QED) is 0.592. The first-order valence-electron chi connectivity index (χ1n) is 10.7. The van der Waals surface area contributed by atoms with E-state index in [2.05, 4.69) is 22.3 Å². The molecule has 2 heterocycles. The second-order valence-electron chi connectivity index (χ2n) is 8.35. The molecule has 3 aliphatic rings. The van der Waals surface area contributed by atoms with Gasteiger partial charge in [0.15, 0.2) is 0 Å². The molecule has 6 nitrogen and oxygen atoms in total. The van der Waals surface area contributed by atoms with Crippen molar-refractivity contribution >= 4 is 17.7 Å². The van der Waals surface area contributed by atoms with Gasteiger partial charge in [0.05, 0.1) is 11.8 Å². The molecule has 4 rings (SSSR count). The Hall–Kier alpha value is -2.47. The number of benzene rings is 1. The maximum atomic E-state index is 12.4. The van der Waals surface area contributed by atoms with Gasteiger partial charge in [-0.3, -0.25) is 24.2 Å². The topological polar surface area (TPSA) is 69.7 Å². The van der Waals surface area contributed by atoms with Crippen molar-refractivity contribution in [2.24, 2.45) is 11.8 Å². The first-order chi connectivity index (χ1) is 14.1. The van der Waals surface area contributed by atoms with E-state index < -0.39 is 0 Å². The largest absolute Gasteiger partial charge is 0.350 e. The van der Waals surface area contributed by atoms with Gasteiger partial charge >= 0.3 is 0 Å². The van der Waals surface area contributed by atoms with Crippen LogP contribution in [0.2, 0.25) is 0 Å². The molecule has 29 heavy (non-hydrogen) atoms. The number of hydrogen-bond acceptors (Lipinski definition) is 4. The van der Waals surface area contributed by atoms with Crippen LogP contribution in [0.1, 0.15) is 43.2 Å². The Morgan fingerprint density at radius 1 is 0.897 bits per heavy atom. The van der Waals surface area contributed by atoms with Gasteiger partial charge in [-0.1, -0.05) is 42.8 Å². The van der Waals surface area contributed by atoms with E-state index in [1.165, 1.54) is 37.9 Å². The number of amides is 3. The Bertz CT molecular complexity index is 770. The summed E-state index contributed by atoms with van der Waals surface area (Å²) in [5, 5.41) is 2.84. The van der Waals surface area contributed by atoms with Crippen LogP contribution in [-0.4, -0.2) is 47.2 Å². The van der Waals surface area contributed by atoms with Gasteiger partial charge in [0.25, 0.3) is 0 Å². The molecular formula is C23H29N3O3. The zero-order valence-corrected chi connectivity index (χ0v) is 16.8. The standard InChI is InChI=1S/C23H29N3O3/c27-21(16-26-22(28)19-6-2-3-7-20(19)23(26)29)24-14-17-8-10-18(11-9-17)15-25-12-4-1-5-13-25/h2-3,8-11,19-20H,1,4-7,12-16H2,(H,24,27)/t19-,20+. The van der Waals surface area contributed by atoms with Gasteiger partial charge in [0, 0.05) is 13.1 Å². The smallest absolute Gasteiger partial charge is 0.240 e. The van der Waals surface area contributed by atoms with Crippen molar-refractivity contribution in [3.8, 4) is 0 Å².